The summed E-state index contributed by atoms with van der Waals surface area (Å²) in [5.41, 5.74) is 5.93. The van der Waals surface area contributed by atoms with Crippen LogP contribution in [0.2, 0.25) is 0 Å². The van der Waals surface area contributed by atoms with Gasteiger partial charge in [-0.2, -0.15) is 0 Å². The monoisotopic (exact) mass is 424 g/mol. The standard InChI is InChI=1S/C10H13NO4S.C10H15NO2/c1-7(12)5-8-3-4-9(15-2)10(6-8)16(11,13)14;1-2-12-9-5-3-4-6-10(9)13-8-7-11/h3-4,6H,5H2,1-2H3,(H2,11,13,14);3-6H,2,7-8,11H2,1H3. The van der Waals surface area contributed by atoms with Gasteiger partial charge in [-0.05, 0) is 43.7 Å². The molecule has 0 aliphatic rings. The number of para-hydroxylation sites is 2. The predicted octanol–water partition coefficient (Wildman–Crippen LogP) is 1.90. The van der Waals surface area contributed by atoms with Crippen molar-refractivity contribution in [2.75, 3.05) is 26.9 Å². The van der Waals surface area contributed by atoms with Crippen molar-refractivity contribution in [3.8, 4) is 17.2 Å². The van der Waals surface area contributed by atoms with E-state index in [-0.39, 0.29) is 22.8 Å². The van der Waals surface area contributed by atoms with E-state index in [9.17, 15) is 13.2 Å². The molecule has 0 aliphatic carbocycles. The molecule has 0 fully saturated rings. The van der Waals surface area contributed by atoms with E-state index in [4.69, 9.17) is 25.1 Å². The van der Waals surface area contributed by atoms with Gasteiger partial charge in [0.1, 0.15) is 23.0 Å². The van der Waals surface area contributed by atoms with Gasteiger partial charge in [-0.1, -0.05) is 18.2 Å². The van der Waals surface area contributed by atoms with Crippen molar-refractivity contribution in [2.45, 2.75) is 25.2 Å². The van der Waals surface area contributed by atoms with Crippen molar-refractivity contribution in [1.29, 1.82) is 0 Å². The molecule has 0 heterocycles. The molecule has 0 unspecified atom stereocenters. The zero-order valence-corrected chi connectivity index (χ0v) is 17.7. The largest absolute Gasteiger partial charge is 0.495 e. The van der Waals surface area contributed by atoms with Gasteiger partial charge in [-0.3, -0.25) is 4.79 Å². The normalized spacial score (nSPS) is 10.5. The Morgan fingerprint density at radius 1 is 1.03 bits per heavy atom. The number of sulfonamides is 1. The molecule has 0 radical (unpaired) electrons. The molecule has 9 heteroatoms. The van der Waals surface area contributed by atoms with E-state index in [1.807, 2.05) is 31.2 Å². The van der Waals surface area contributed by atoms with Crippen LogP contribution in [0.1, 0.15) is 19.4 Å². The van der Waals surface area contributed by atoms with Gasteiger partial charge in [0.25, 0.3) is 0 Å². The fourth-order valence-electron chi connectivity index (χ4n) is 2.35. The fourth-order valence-corrected chi connectivity index (χ4v) is 3.10. The Bertz CT molecular complexity index is 900. The van der Waals surface area contributed by atoms with Gasteiger partial charge in [0.15, 0.2) is 11.5 Å². The van der Waals surface area contributed by atoms with Gasteiger partial charge in [-0.25, -0.2) is 13.6 Å². The Labute approximate surface area is 171 Å². The van der Waals surface area contributed by atoms with E-state index >= 15 is 0 Å². The van der Waals surface area contributed by atoms with Crippen molar-refractivity contribution >= 4 is 15.8 Å². The Kier molecular flexibility index (Phi) is 10.1. The second kappa shape index (κ2) is 12.1. The van der Waals surface area contributed by atoms with E-state index in [1.165, 1.54) is 26.2 Å². The van der Waals surface area contributed by atoms with Crippen LogP contribution in [0.4, 0.5) is 0 Å². The SMILES string of the molecule is CCOc1ccccc1OCCN.COc1ccc(CC(C)=O)cc1S(N)(=O)=O. The van der Waals surface area contributed by atoms with Crippen molar-refractivity contribution < 1.29 is 27.4 Å². The maximum atomic E-state index is 11.3. The molecule has 8 nitrogen and oxygen atoms in total. The minimum absolute atomic E-state index is 0.0504. The Hall–Kier alpha value is -2.62. The molecule has 2 rings (SSSR count). The molecule has 0 aliphatic heterocycles. The summed E-state index contributed by atoms with van der Waals surface area (Å²) in [5, 5.41) is 5.04. The molecule has 0 aromatic heterocycles. The zero-order chi connectivity index (χ0) is 21.9. The quantitative estimate of drug-likeness (QED) is 0.628. The Morgan fingerprint density at radius 3 is 2.14 bits per heavy atom. The number of nitrogens with two attached hydrogens (primary N) is 2. The molecule has 29 heavy (non-hydrogen) atoms. The van der Waals surface area contributed by atoms with E-state index in [0.29, 0.717) is 25.3 Å². The number of methoxy groups -OCH3 is 1. The summed E-state index contributed by atoms with van der Waals surface area (Å²) in [5.74, 6) is 1.66. The minimum Gasteiger partial charge on any atom is -0.495 e. The number of rotatable bonds is 9. The van der Waals surface area contributed by atoms with E-state index in [1.54, 1.807) is 6.07 Å². The number of benzene rings is 2. The summed E-state index contributed by atoms with van der Waals surface area (Å²) in [6.45, 7) is 5.05. The highest BCUT2D eigenvalue weighted by Gasteiger charge is 2.15. The first-order valence-corrected chi connectivity index (χ1v) is 10.5. The topological polar surface area (TPSA) is 131 Å². The number of carbonyl (C=O) groups is 1. The maximum Gasteiger partial charge on any atom is 0.241 e. The number of hydrogen-bond donors (Lipinski definition) is 2. The summed E-state index contributed by atoms with van der Waals surface area (Å²) < 4.78 is 38.2. The summed E-state index contributed by atoms with van der Waals surface area (Å²) >= 11 is 0. The molecule has 4 N–H and O–H groups in total. The van der Waals surface area contributed by atoms with E-state index < -0.39 is 10.0 Å². The fraction of sp³-hybridized carbons (Fsp3) is 0.350. The summed E-state index contributed by atoms with van der Waals surface area (Å²) in [6.07, 6.45) is 0.173. The molecular weight excluding hydrogens is 396 g/mol. The number of hydrogen-bond acceptors (Lipinski definition) is 7. The Morgan fingerprint density at radius 2 is 1.66 bits per heavy atom. The lowest BCUT2D eigenvalue weighted by Gasteiger charge is -2.10. The number of Topliss-reactive ketones (excluding diaryl/α,β-unsaturated/α-hetero) is 1. The van der Waals surface area contributed by atoms with Gasteiger partial charge in [0, 0.05) is 13.0 Å². The van der Waals surface area contributed by atoms with Crippen LogP contribution in [-0.2, 0) is 21.2 Å². The number of ether oxygens (including phenoxy) is 3. The first-order chi connectivity index (χ1) is 13.7. The first kappa shape index (κ1) is 24.4. The molecule has 0 saturated carbocycles. The van der Waals surface area contributed by atoms with Crippen LogP contribution in [0.5, 0.6) is 17.2 Å². The minimum atomic E-state index is -3.84. The first-order valence-electron chi connectivity index (χ1n) is 8.96. The third-order valence-electron chi connectivity index (χ3n) is 3.51. The third kappa shape index (κ3) is 8.51. The van der Waals surface area contributed by atoms with Crippen LogP contribution in [0, 0.1) is 0 Å². The maximum absolute atomic E-state index is 11.3. The molecular formula is C20H28N2O6S. The molecule has 160 valence electrons. The Balaban J connectivity index is 0.000000296. The van der Waals surface area contributed by atoms with Gasteiger partial charge >= 0.3 is 0 Å². The summed E-state index contributed by atoms with van der Waals surface area (Å²) in [6, 6.07) is 12.1. The second-order valence-corrected chi connectivity index (χ2v) is 7.46. The molecule has 0 atom stereocenters. The highest BCUT2D eigenvalue weighted by Crippen LogP contribution is 2.26. The number of primary sulfonamides is 1. The average Bonchev–Trinajstić information content (AvgIpc) is 2.67. The van der Waals surface area contributed by atoms with Gasteiger partial charge in [-0.15, -0.1) is 0 Å². The highest BCUT2D eigenvalue weighted by atomic mass is 32.2. The molecule has 2 aromatic rings. The van der Waals surface area contributed by atoms with Gasteiger partial charge in [0.05, 0.1) is 13.7 Å². The lowest BCUT2D eigenvalue weighted by atomic mass is 10.1. The summed E-state index contributed by atoms with van der Waals surface area (Å²) in [4.78, 5) is 10.8. The van der Waals surface area contributed by atoms with Crippen LogP contribution >= 0.6 is 0 Å². The van der Waals surface area contributed by atoms with Gasteiger partial charge < -0.3 is 19.9 Å². The van der Waals surface area contributed by atoms with Crippen molar-refractivity contribution in [2.24, 2.45) is 10.9 Å². The van der Waals surface area contributed by atoms with Crippen LogP contribution in [0.15, 0.2) is 47.4 Å². The van der Waals surface area contributed by atoms with Crippen LogP contribution in [0.25, 0.3) is 0 Å². The lowest BCUT2D eigenvalue weighted by molar-refractivity contribution is -0.116. The van der Waals surface area contributed by atoms with Crippen molar-refractivity contribution in [3.63, 3.8) is 0 Å². The lowest BCUT2D eigenvalue weighted by Crippen LogP contribution is -2.14. The third-order valence-corrected chi connectivity index (χ3v) is 4.44. The number of carbonyl (C=O) groups excluding carboxylic acids is 1. The van der Waals surface area contributed by atoms with Crippen LogP contribution in [-0.4, -0.2) is 41.1 Å². The molecule has 0 amide bonds. The van der Waals surface area contributed by atoms with E-state index in [2.05, 4.69) is 0 Å². The van der Waals surface area contributed by atoms with Crippen LogP contribution in [0.3, 0.4) is 0 Å². The number of ketones is 1. The van der Waals surface area contributed by atoms with Crippen molar-refractivity contribution in [3.05, 3.63) is 48.0 Å². The predicted molar refractivity (Wildman–Crippen MR) is 111 cm³/mol. The zero-order valence-electron chi connectivity index (χ0n) is 16.9. The molecule has 0 saturated heterocycles. The van der Waals surface area contributed by atoms with Gasteiger partial charge in [0.2, 0.25) is 10.0 Å². The second-order valence-electron chi connectivity index (χ2n) is 5.93. The smallest absolute Gasteiger partial charge is 0.241 e. The van der Waals surface area contributed by atoms with Crippen molar-refractivity contribution in [1.82, 2.24) is 0 Å². The van der Waals surface area contributed by atoms with E-state index in [0.717, 1.165) is 11.5 Å². The van der Waals surface area contributed by atoms with Crippen LogP contribution < -0.4 is 25.1 Å². The molecule has 0 spiro atoms. The summed E-state index contributed by atoms with van der Waals surface area (Å²) in [7, 11) is -2.48. The molecule has 2 aromatic carbocycles. The highest BCUT2D eigenvalue weighted by molar-refractivity contribution is 7.89. The molecule has 0 bridgehead atoms. The average molecular weight is 425 g/mol.